The van der Waals surface area contributed by atoms with Crippen molar-refractivity contribution in [3.63, 3.8) is 0 Å². The third-order valence-corrected chi connectivity index (χ3v) is 4.18. The number of aromatic nitrogens is 1. The molecule has 2 aromatic heterocycles. The summed E-state index contributed by atoms with van der Waals surface area (Å²) in [5.41, 5.74) is 0.103. The van der Waals surface area contributed by atoms with Gasteiger partial charge in [-0.2, -0.15) is 0 Å². The van der Waals surface area contributed by atoms with Crippen molar-refractivity contribution in [3.05, 3.63) is 57.3 Å². The molecular weight excluding hydrogens is 377 g/mol. The Hall–Kier alpha value is -3.13. The van der Waals surface area contributed by atoms with Crippen molar-refractivity contribution in [3.8, 4) is 0 Å². The van der Waals surface area contributed by atoms with E-state index in [9.17, 15) is 19.1 Å². The molecule has 0 aliphatic rings. The highest BCUT2D eigenvalue weighted by atomic mass is 19.1. The van der Waals surface area contributed by atoms with E-state index in [2.05, 4.69) is 5.32 Å². The lowest BCUT2D eigenvalue weighted by molar-refractivity contribution is 0.0698. The summed E-state index contributed by atoms with van der Waals surface area (Å²) < 4.78 is 21.1. The van der Waals surface area contributed by atoms with Crippen LogP contribution in [0.4, 0.5) is 15.9 Å². The first-order valence-corrected chi connectivity index (χ1v) is 9.25. The molecule has 0 atom stereocenters. The molecule has 29 heavy (non-hydrogen) atoms. The third-order valence-electron chi connectivity index (χ3n) is 4.18. The van der Waals surface area contributed by atoms with Crippen molar-refractivity contribution < 1.29 is 18.7 Å². The molecule has 156 valence electrons. The van der Waals surface area contributed by atoms with Gasteiger partial charge < -0.3 is 19.7 Å². The minimum absolute atomic E-state index is 0.0301. The lowest BCUT2D eigenvalue weighted by Crippen LogP contribution is -2.23. The number of rotatable bonds is 5. The van der Waals surface area contributed by atoms with Gasteiger partial charge >= 0.3 is 5.97 Å². The molecule has 0 radical (unpaired) electrons. The highest BCUT2D eigenvalue weighted by Gasteiger charge is 2.25. The fourth-order valence-corrected chi connectivity index (χ4v) is 2.93. The van der Waals surface area contributed by atoms with Crippen molar-refractivity contribution in [1.29, 1.82) is 0 Å². The predicted molar refractivity (Wildman–Crippen MR) is 112 cm³/mol. The molecule has 0 saturated carbocycles. The predicted octanol–water partition coefficient (Wildman–Crippen LogP) is 4.11. The van der Waals surface area contributed by atoms with E-state index in [4.69, 9.17) is 4.42 Å². The summed E-state index contributed by atoms with van der Waals surface area (Å²) in [5.74, 6) is -1.41. The largest absolute Gasteiger partial charge is 0.477 e. The Morgan fingerprint density at radius 1 is 1.28 bits per heavy atom. The van der Waals surface area contributed by atoms with Crippen LogP contribution in [0.1, 0.15) is 35.5 Å². The zero-order valence-corrected chi connectivity index (χ0v) is 17.5. The number of aromatic carboxylic acids is 1. The SMILES string of the molecule is CC.Cc1ccc(Nc2c(C(=O)O)c3oc(CN(C)C)cc3c(=O)n2C)c(F)c1. The number of hydrogen-bond donors (Lipinski definition) is 2. The molecule has 1 aromatic carbocycles. The molecule has 0 aliphatic heterocycles. The van der Waals surface area contributed by atoms with Crippen LogP contribution in [-0.2, 0) is 13.6 Å². The van der Waals surface area contributed by atoms with Gasteiger partial charge in [0.15, 0.2) is 5.58 Å². The first-order valence-electron chi connectivity index (χ1n) is 9.25. The number of carboxylic acids is 1. The molecule has 0 saturated heterocycles. The summed E-state index contributed by atoms with van der Waals surface area (Å²) in [4.78, 5) is 26.5. The Balaban J connectivity index is 0.00000145. The number of hydrogen-bond acceptors (Lipinski definition) is 5. The summed E-state index contributed by atoms with van der Waals surface area (Å²) in [6.45, 7) is 6.15. The van der Waals surface area contributed by atoms with Crippen LogP contribution in [0.2, 0.25) is 0 Å². The minimum Gasteiger partial charge on any atom is -0.477 e. The lowest BCUT2D eigenvalue weighted by atomic mass is 10.1. The number of furan rings is 1. The second kappa shape index (κ2) is 8.91. The first kappa shape index (κ1) is 22.2. The number of nitrogens with zero attached hydrogens (tertiary/aromatic N) is 2. The van der Waals surface area contributed by atoms with Gasteiger partial charge in [0.05, 0.1) is 17.6 Å². The zero-order chi connectivity index (χ0) is 21.9. The van der Waals surface area contributed by atoms with Crippen LogP contribution in [0.3, 0.4) is 0 Å². The number of benzene rings is 1. The van der Waals surface area contributed by atoms with Crippen molar-refractivity contribution in [2.24, 2.45) is 7.05 Å². The van der Waals surface area contributed by atoms with Crippen molar-refractivity contribution in [2.75, 3.05) is 19.4 Å². The molecule has 0 fully saturated rings. The van der Waals surface area contributed by atoms with E-state index in [1.165, 1.54) is 19.2 Å². The summed E-state index contributed by atoms with van der Waals surface area (Å²) in [7, 11) is 5.09. The van der Waals surface area contributed by atoms with Gasteiger partial charge in [-0.3, -0.25) is 9.36 Å². The van der Waals surface area contributed by atoms with Crippen molar-refractivity contribution in [2.45, 2.75) is 27.3 Å². The van der Waals surface area contributed by atoms with E-state index >= 15 is 0 Å². The molecule has 3 aromatic rings. The van der Waals surface area contributed by atoms with E-state index in [0.717, 1.165) is 10.1 Å². The Bertz CT molecular complexity index is 1100. The van der Waals surface area contributed by atoms with E-state index in [1.807, 2.05) is 32.8 Å². The first-order chi connectivity index (χ1) is 13.7. The maximum atomic E-state index is 14.2. The third kappa shape index (κ3) is 4.48. The van der Waals surface area contributed by atoms with Crippen LogP contribution < -0.4 is 10.9 Å². The van der Waals surface area contributed by atoms with Gasteiger partial charge in [-0.25, -0.2) is 9.18 Å². The molecular formula is C21H26FN3O4. The normalized spacial score (nSPS) is 10.8. The molecule has 2 heterocycles. The van der Waals surface area contributed by atoms with E-state index < -0.39 is 17.3 Å². The number of carboxylic acid groups (broad SMARTS) is 1. The van der Waals surface area contributed by atoms with Crippen molar-refractivity contribution in [1.82, 2.24) is 9.47 Å². The number of fused-ring (bicyclic) bond motifs is 1. The molecule has 0 aliphatic carbocycles. The fraction of sp³-hybridized carbons (Fsp3) is 0.333. The summed E-state index contributed by atoms with van der Waals surface area (Å²) >= 11 is 0. The number of halogens is 1. The Kier molecular flexibility index (Phi) is 6.81. The number of aryl methyl sites for hydroxylation is 1. The van der Waals surface area contributed by atoms with Gasteiger partial charge in [-0.1, -0.05) is 19.9 Å². The van der Waals surface area contributed by atoms with E-state index in [-0.39, 0.29) is 28.0 Å². The molecule has 0 amide bonds. The molecule has 3 rings (SSSR count). The zero-order valence-electron chi connectivity index (χ0n) is 17.5. The fourth-order valence-electron chi connectivity index (χ4n) is 2.93. The van der Waals surface area contributed by atoms with Crippen LogP contribution in [0.25, 0.3) is 11.0 Å². The Morgan fingerprint density at radius 3 is 2.48 bits per heavy atom. The van der Waals surface area contributed by atoms with Gasteiger partial charge in [-0.15, -0.1) is 0 Å². The maximum Gasteiger partial charge on any atom is 0.343 e. The average molecular weight is 403 g/mol. The molecule has 8 heteroatoms. The smallest absolute Gasteiger partial charge is 0.343 e. The van der Waals surface area contributed by atoms with Crippen molar-refractivity contribution >= 4 is 28.4 Å². The number of anilines is 2. The number of nitrogens with one attached hydrogen (secondary N) is 1. The number of carbonyl (C=O) groups is 1. The molecule has 7 nitrogen and oxygen atoms in total. The summed E-state index contributed by atoms with van der Waals surface area (Å²) in [6, 6.07) is 6.04. The topological polar surface area (TPSA) is 87.7 Å². The van der Waals surface area contributed by atoms with E-state index in [0.29, 0.717) is 12.3 Å². The van der Waals surface area contributed by atoms with Crippen LogP contribution >= 0.6 is 0 Å². The van der Waals surface area contributed by atoms with Gasteiger partial charge in [0.2, 0.25) is 0 Å². The Morgan fingerprint density at radius 2 is 1.93 bits per heavy atom. The van der Waals surface area contributed by atoms with Crippen LogP contribution in [-0.4, -0.2) is 34.6 Å². The van der Waals surface area contributed by atoms with Crippen LogP contribution in [0.5, 0.6) is 0 Å². The quantitative estimate of drug-likeness (QED) is 0.667. The monoisotopic (exact) mass is 403 g/mol. The van der Waals surface area contributed by atoms with Gasteiger partial charge in [0, 0.05) is 7.05 Å². The Labute approximate surface area is 168 Å². The maximum absolute atomic E-state index is 14.2. The van der Waals surface area contributed by atoms with Gasteiger partial charge in [0.25, 0.3) is 5.56 Å². The molecule has 0 bridgehead atoms. The highest BCUT2D eigenvalue weighted by molar-refractivity contribution is 6.06. The van der Waals surface area contributed by atoms with Gasteiger partial charge in [-0.05, 0) is 44.8 Å². The molecule has 0 unspecified atom stereocenters. The summed E-state index contributed by atoms with van der Waals surface area (Å²) in [5, 5.41) is 12.6. The molecule has 2 N–H and O–H groups in total. The van der Waals surface area contributed by atoms with E-state index in [1.54, 1.807) is 19.1 Å². The second-order valence-electron chi connectivity index (χ2n) is 6.69. The average Bonchev–Trinajstić information content (AvgIpc) is 3.05. The molecule has 0 spiro atoms. The van der Waals surface area contributed by atoms with Crippen LogP contribution in [0.15, 0.2) is 33.5 Å². The lowest BCUT2D eigenvalue weighted by Gasteiger charge is -2.15. The summed E-state index contributed by atoms with van der Waals surface area (Å²) in [6.07, 6.45) is 0. The minimum atomic E-state index is -1.28. The second-order valence-corrected chi connectivity index (χ2v) is 6.69. The highest BCUT2D eigenvalue weighted by Crippen LogP contribution is 2.29. The number of pyridine rings is 1. The van der Waals surface area contributed by atoms with Crippen LogP contribution in [0, 0.1) is 12.7 Å². The standard InChI is InChI=1S/C19H20FN3O4.C2H6/c1-10-5-6-14(13(20)7-10)21-17-15(19(25)26)16-12(18(24)23(17)4)8-11(27-16)9-22(2)3;1-2/h5-8,21H,9H2,1-4H3,(H,25,26);1-2H3. The van der Waals surface area contributed by atoms with Gasteiger partial charge in [0.1, 0.15) is 23.0 Å².